The van der Waals surface area contributed by atoms with Gasteiger partial charge in [0.15, 0.2) is 0 Å². The van der Waals surface area contributed by atoms with E-state index < -0.39 is 0 Å². The smallest absolute Gasteiger partial charge is 0.231 e. The van der Waals surface area contributed by atoms with Crippen LogP contribution in [0.2, 0.25) is 0 Å². The Hall–Kier alpha value is -1.36. The average molecular weight is 196 g/mol. The molecule has 0 aliphatic heterocycles. The number of nitrogens with zero attached hydrogens (tertiary/aromatic N) is 2. The molecule has 1 aromatic heterocycles. The first kappa shape index (κ1) is 10.7. The van der Waals surface area contributed by atoms with Crippen molar-refractivity contribution in [1.29, 1.82) is 0 Å². The summed E-state index contributed by atoms with van der Waals surface area (Å²) in [7, 11) is 0. The van der Waals surface area contributed by atoms with Crippen LogP contribution in [0.3, 0.4) is 0 Å². The van der Waals surface area contributed by atoms with Gasteiger partial charge in [0.05, 0.1) is 12.2 Å². The second-order valence-corrected chi connectivity index (χ2v) is 3.12. The maximum Gasteiger partial charge on any atom is 0.231 e. The second kappa shape index (κ2) is 5.39. The molecule has 0 spiro atoms. The monoisotopic (exact) mass is 196 g/mol. The molecule has 1 rings (SSSR count). The molecule has 0 atom stereocenters. The molecule has 0 aromatic carbocycles. The summed E-state index contributed by atoms with van der Waals surface area (Å²) in [6.07, 6.45) is 2.81. The van der Waals surface area contributed by atoms with E-state index in [4.69, 9.17) is 5.73 Å². The number of rotatable bonds is 6. The Balaban J connectivity index is 2.41. The zero-order valence-corrected chi connectivity index (χ0v) is 8.36. The van der Waals surface area contributed by atoms with Crippen LogP contribution in [0.4, 0.5) is 0 Å². The minimum atomic E-state index is -0.341. The third-order valence-electron chi connectivity index (χ3n) is 1.85. The Kier molecular flexibility index (Phi) is 4.12. The van der Waals surface area contributed by atoms with Gasteiger partial charge >= 0.3 is 0 Å². The molecule has 0 aliphatic carbocycles. The highest BCUT2D eigenvalue weighted by atomic mass is 16.1. The number of carbonyl (C=O) groups is 1. The highest BCUT2D eigenvalue weighted by Gasteiger charge is 2.01. The van der Waals surface area contributed by atoms with Crippen molar-refractivity contribution in [3.05, 3.63) is 18.0 Å². The number of amides is 1. The summed E-state index contributed by atoms with van der Waals surface area (Å²) < 4.78 is 1.92. The molecule has 1 aromatic rings. The Morgan fingerprint density at radius 2 is 2.50 bits per heavy atom. The van der Waals surface area contributed by atoms with E-state index in [-0.39, 0.29) is 12.5 Å². The third-order valence-corrected chi connectivity index (χ3v) is 1.85. The fraction of sp³-hybridized carbons (Fsp3) is 0.556. The number of nitrogens with one attached hydrogen (secondary N) is 1. The summed E-state index contributed by atoms with van der Waals surface area (Å²) in [6, 6.07) is 1.93. The van der Waals surface area contributed by atoms with Gasteiger partial charge in [0.2, 0.25) is 5.91 Å². The van der Waals surface area contributed by atoms with Crippen LogP contribution < -0.4 is 11.1 Å². The molecule has 0 aliphatic rings. The first-order chi connectivity index (χ1) is 6.74. The lowest BCUT2D eigenvalue weighted by atomic mass is 10.4. The standard InChI is InChI=1S/C9H16N4O/c1-2-5-13-8(3-4-12-13)6-11-7-9(10)14/h3-4,11H,2,5-7H2,1H3,(H2,10,14). The molecule has 5 heteroatoms. The van der Waals surface area contributed by atoms with Gasteiger partial charge in [-0.2, -0.15) is 5.10 Å². The molecule has 14 heavy (non-hydrogen) atoms. The minimum absolute atomic E-state index is 0.206. The van der Waals surface area contributed by atoms with E-state index >= 15 is 0 Å². The molecule has 0 saturated heterocycles. The van der Waals surface area contributed by atoms with Crippen LogP contribution in [0, 0.1) is 0 Å². The first-order valence-corrected chi connectivity index (χ1v) is 4.73. The lowest BCUT2D eigenvalue weighted by Crippen LogP contribution is -2.28. The molecule has 1 amide bonds. The molecule has 0 radical (unpaired) electrons. The molecule has 5 nitrogen and oxygen atoms in total. The number of nitrogens with two attached hydrogens (primary N) is 1. The average Bonchev–Trinajstić information content (AvgIpc) is 2.53. The molecule has 0 fully saturated rings. The van der Waals surface area contributed by atoms with Crippen molar-refractivity contribution in [3.63, 3.8) is 0 Å². The van der Waals surface area contributed by atoms with Gasteiger partial charge < -0.3 is 11.1 Å². The maximum atomic E-state index is 10.5. The molecule has 0 unspecified atom stereocenters. The lowest BCUT2D eigenvalue weighted by Gasteiger charge is -2.06. The summed E-state index contributed by atoms with van der Waals surface area (Å²) in [4.78, 5) is 10.5. The van der Waals surface area contributed by atoms with Gasteiger partial charge in [-0.1, -0.05) is 6.92 Å². The molecule has 0 saturated carbocycles. The predicted molar refractivity (Wildman–Crippen MR) is 53.4 cm³/mol. The molecule has 1 heterocycles. The summed E-state index contributed by atoms with van der Waals surface area (Å²) in [5.41, 5.74) is 6.08. The second-order valence-electron chi connectivity index (χ2n) is 3.12. The molecule has 0 bridgehead atoms. The third kappa shape index (κ3) is 3.18. The Morgan fingerprint density at radius 3 is 3.14 bits per heavy atom. The molecule has 78 valence electrons. The van der Waals surface area contributed by atoms with Gasteiger partial charge in [-0.15, -0.1) is 0 Å². The number of hydrogen-bond donors (Lipinski definition) is 2. The Labute approximate surface area is 83.3 Å². The fourth-order valence-corrected chi connectivity index (χ4v) is 1.24. The van der Waals surface area contributed by atoms with Crippen LogP contribution >= 0.6 is 0 Å². The number of aromatic nitrogens is 2. The minimum Gasteiger partial charge on any atom is -0.369 e. The van der Waals surface area contributed by atoms with Gasteiger partial charge in [-0.25, -0.2) is 0 Å². The predicted octanol–water partition coefficient (Wildman–Crippen LogP) is -0.132. The van der Waals surface area contributed by atoms with Crippen molar-refractivity contribution in [2.45, 2.75) is 26.4 Å². The van der Waals surface area contributed by atoms with Crippen LogP contribution in [0.25, 0.3) is 0 Å². The lowest BCUT2D eigenvalue weighted by molar-refractivity contribution is -0.117. The van der Waals surface area contributed by atoms with E-state index in [1.54, 1.807) is 6.20 Å². The normalized spacial score (nSPS) is 10.4. The maximum absolute atomic E-state index is 10.5. The fourth-order valence-electron chi connectivity index (χ4n) is 1.24. The van der Waals surface area contributed by atoms with E-state index in [0.717, 1.165) is 18.7 Å². The van der Waals surface area contributed by atoms with Crippen molar-refractivity contribution in [3.8, 4) is 0 Å². The van der Waals surface area contributed by atoms with Crippen LogP contribution in [0.1, 0.15) is 19.0 Å². The van der Waals surface area contributed by atoms with Gasteiger partial charge in [-0.05, 0) is 12.5 Å². The summed E-state index contributed by atoms with van der Waals surface area (Å²) >= 11 is 0. The summed E-state index contributed by atoms with van der Waals surface area (Å²) in [5.74, 6) is -0.341. The summed E-state index contributed by atoms with van der Waals surface area (Å²) in [6.45, 7) is 3.84. The first-order valence-electron chi connectivity index (χ1n) is 4.73. The van der Waals surface area contributed by atoms with E-state index in [1.807, 2.05) is 10.7 Å². The molecule has 3 N–H and O–H groups in total. The zero-order valence-electron chi connectivity index (χ0n) is 8.36. The van der Waals surface area contributed by atoms with E-state index in [2.05, 4.69) is 17.3 Å². The zero-order chi connectivity index (χ0) is 10.4. The van der Waals surface area contributed by atoms with Gasteiger partial charge in [-0.3, -0.25) is 9.48 Å². The van der Waals surface area contributed by atoms with Gasteiger partial charge in [0.25, 0.3) is 0 Å². The topological polar surface area (TPSA) is 72.9 Å². The number of primary amides is 1. The van der Waals surface area contributed by atoms with Crippen LogP contribution in [-0.2, 0) is 17.9 Å². The van der Waals surface area contributed by atoms with Crippen molar-refractivity contribution < 1.29 is 4.79 Å². The van der Waals surface area contributed by atoms with Gasteiger partial charge in [0.1, 0.15) is 0 Å². The SMILES string of the molecule is CCCn1nccc1CNCC(N)=O. The molecular weight excluding hydrogens is 180 g/mol. The Morgan fingerprint density at radius 1 is 1.71 bits per heavy atom. The molecular formula is C9H16N4O. The van der Waals surface area contributed by atoms with Gasteiger partial charge in [0, 0.05) is 19.3 Å². The van der Waals surface area contributed by atoms with E-state index in [1.165, 1.54) is 0 Å². The van der Waals surface area contributed by atoms with Crippen molar-refractivity contribution in [1.82, 2.24) is 15.1 Å². The number of hydrogen-bond acceptors (Lipinski definition) is 3. The van der Waals surface area contributed by atoms with Crippen LogP contribution in [0.15, 0.2) is 12.3 Å². The van der Waals surface area contributed by atoms with Crippen molar-refractivity contribution in [2.75, 3.05) is 6.54 Å². The highest BCUT2D eigenvalue weighted by Crippen LogP contribution is 1.99. The largest absolute Gasteiger partial charge is 0.369 e. The van der Waals surface area contributed by atoms with Crippen LogP contribution in [0.5, 0.6) is 0 Å². The quantitative estimate of drug-likeness (QED) is 0.665. The Bertz CT molecular complexity index is 295. The van der Waals surface area contributed by atoms with E-state index in [9.17, 15) is 4.79 Å². The van der Waals surface area contributed by atoms with E-state index in [0.29, 0.717) is 6.54 Å². The van der Waals surface area contributed by atoms with Crippen molar-refractivity contribution >= 4 is 5.91 Å². The summed E-state index contributed by atoms with van der Waals surface area (Å²) in [5, 5.41) is 7.11. The number of carbonyl (C=O) groups excluding carboxylic acids is 1. The highest BCUT2D eigenvalue weighted by molar-refractivity contribution is 5.75. The van der Waals surface area contributed by atoms with Crippen LogP contribution in [-0.4, -0.2) is 22.2 Å². The number of aryl methyl sites for hydroxylation is 1. The van der Waals surface area contributed by atoms with Crippen molar-refractivity contribution in [2.24, 2.45) is 5.73 Å².